The van der Waals surface area contributed by atoms with Crippen molar-refractivity contribution in [3.8, 4) is 0 Å². The summed E-state index contributed by atoms with van der Waals surface area (Å²) in [7, 11) is 0. The third kappa shape index (κ3) is 2.25. The molecule has 1 nitrogen and oxygen atoms in total. The number of alkyl halides is 2. The lowest BCUT2D eigenvalue weighted by atomic mass is 10.4. The Morgan fingerprint density at radius 3 is 2.42 bits per heavy atom. The fraction of sp³-hybridized carbons (Fsp3) is 0.167. The third-order valence-electron chi connectivity index (χ3n) is 1.15. The van der Waals surface area contributed by atoms with Gasteiger partial charge in [-0.2, -0.15) is 0 Å². The molecular formula is C6H2BrF2I2N. The number of halogens is 5. The standard InChI is InChI=1S/C6H2BrF2I2N/c7-2-1-12-5(6(8)9)4(11)3(2)10/h1,6H. The molecule has 0 saturated carbocycles. The van der Waals surface area contributed by atoms with Crippen LogP contribution < -0.4 is 0 Å². The molecule has 0 radical (unpaired) electrons. The Hall–Kier alpha value is 0.950. The smallest absolute Gasteiger partial charge is 0.253 e. The van der Waals surface area contributed by atoms with E-state index in [1.54, 1.807) is 0 Å². The van der Waals surface area contributed by atoms with E-state index in [1.807, 2.05) is 45.2 Å². The summed E-state index contributed by atoms with van der Waals surface area (Å²) in [6, 6.07) is 0. The number of pyridine rings is 1. The summed E-state index contributed by atoms with van der Waals surface area (Å²) < 4.78 is 26.5. The minimum Gasteiger partial charge on any atom is -0.253 e. The second kappa shape index (κ2) is 4.45. The van der Waals surface area contributed by atoms with Crippen molar-refractivity contribution in [1.29, 1.82) is 0 Å². The molecule has 0 aliphatic rings. The molecule has 12 heavy (non-hydrogen) atoms. The summed E-state index contributed by atoms with van der Waals surface area (Å²) in [6.45, 7) is 0. The van der Waals surface area contributed by atoms with Crippen LogP contribution in [0.3, 0.4) is 0 Å². The summed E-state index contributed by atoms with van der Waals surface area (Å²) in [5.41, 5.74) is -0.150. The van der Waals surface area contributed by atoms with Crippen molar-refractivity contribution in [3.63, 3.8) is 0 Å². The van der Waals surface area contributed by atoms with Crippen molar-refractivity contribution in [2.45, 2.75) is 6.43 Å². The highest BCUT2D eigenvalue weighted by molar-refractivity contribution is 14.1. The van der Waals surface area contributed by atoms with E-state index in [-0.39, 0.29) is 5.69 Å². The Labute approximate surface area is 104 Å². The molecule has 0 saturated heterocycles. The van der Waals surface area contributed by atoms with Crippen LogP contribution in [0.2, 0.25) is 0 Å². The van der Waals surface area contributed by atoms with Crippen LogP contribution in [0.5, 0.6) is 0 Å². The zero-order valence-electron chi connectivity index (χ0n) is 5.49. The van der Waals surface area contributed by atoms with Gasteiger partial charge in [-0.15, -0.1) is 0 Å². The Morgan fingerprint density at radius 1 is 1.33 bits per heavy atom. The molecule has 0 aliphatic heterocycles. The molecule has 0 spiro atoms. The molecule has 0 atom stereocenters. The molecule has 0 bridgehead atoms. The van der Waals surface area contributed by atoms with Gasteiger partial charge in [-0.25, -0.2) is 8.78 Å². The van der Waals surface area contributed by atoms with Crippen molar-refractivity contribution >= 4 is 61.1 Å². The normalized spacial score (nSPS) is 10.8. The van der Waals surface area contributed by atoms with E-state index in [1.165, 1.54) is 6.20 Å². The SMILES string of the molecule is FC(F)c1ncc(Br)c(I)c1I. The van der Waals surface area contributed by atoms with Crippen molar-refractivity contribution in [2.24, 2.45) is 0 Å². The molecule has 0 amide bonds. The van der Waals surface area contributed by atoms with E-state index < -0.39 is 6.43 Å². The van der Waals surface area contributed by atoms with Crippen molar-refractivity contribution in [2.75, 3.05) is 0 Å². The maximum atomic E-state index is 12.3. The Bertz CT molecular complexity index is 306. The first-order valence-electron chi connectivity index (χ1n) is 2.81. The van der Waals surface area contributed by atoms with E-state index in [0.717, 1.165) is 8.04 Å². The van der Waals surface area contributed by atoms with E-state index in [4.69, 9.17) is 0 Å². The molecule has 0 aliphatic carbocycles. The fourth-order valence-electron chi connectivity index (χ4n) is 0.609. The largest absolute Gasteiger partial charge is 0.281 e. The molecule has 1 rings (SSSR count). The van der Waals surface area contributed by atoms with Gasteiger partial charge in [-0.3, -0.25) is 4.98 Å². The summed E-state index contributed by atoms with van der Waals surface area (Å²) >= 11 is 7.08. The summed E-state index contributed by atoms with van der Waals surface area (Å²) in [5, 5.41) is 0. The Kier molecular flexibility index (Phi) is 4.09. The van der Waals surface area contributed by atoms with Crippen LogP contribution >= 0.6 is 61.1 Å². The summed E-state index contributed by atoms with van der Waals surface area (Å²) in [4.78, 5) is 3.63. The fourth-order valence-corrected chi connectivity index (χ4v) is 2.36. The van der Waals surface area contributed by atoms with E-state index in [2.05, 4.69) is 20.9 Å². The minimum absolute atomic E-state index is 0.150. The Morgan fingerprint density at radius 2 is 1.92 bits per heavy atom. The lowest BCUT2D eigenvalue weighted by molar-refractivity contribution is 0.145. The van der Waals surface area contributed by atoms with Gasteiger partial charge in [0.1, 0.15) is 5.69 Å². The summed E-state index contributed by atoms with van der Waals surface area (Å²) in [6.07, 6.45) is -1.11. The molecule has 0 unspecified atom stereocenters. The molecule has 1 aromatic heterocycles. The zero-order chi connectivity index (χ0) is 9.30. The predicted molar refractivity (Wildman–Crippen MR) is 62.3 cm³/mol. The first kappa shape index (κ1) is 11.0. The topological polar surface area (TPSA) is 12.9 Å². The number of rotatable bonds is 1. The molecule has 0 fully saturated rings. The first-order valence-corrected chi connectivity index (χ1v) is 5.76. The highest BCUT2D eigenvalue weighted by Crippen LogP contribution is 2.29. The van der Waals surface area contributed by atoms with Crippen LogP contribution in [-0.4, -0.2) is 4.98 Å². The molecule has 1 aromatic rings. The van der Waals surface area contributed by atoms with Crippen molar-refractivity contribution < 1.29 is 8.78 Å². The average molecular weight is 460 g/mol. The van der Waals surface area contributed by atoms with Crippen LogP contribution in [0.1, 0.15) is 12.1 Å². The first-order chi connectivity index (χ1) is 5.54. The average Bonchev–Trinajstić information content (AvgIpc) is 2.00. The Balaban J connectivity index is 3.27. The number of hydrogen-bond acceptors (Lipinski definition) is 1. The van der Waals surface area contributed by atoms with Gasteiger partial charge in [0.2, 0.25) is 0 Å². The van der Waals surface area contributed by atoms with Gasteiger partial charge in [-0.1, -0.05) is 0 Å². The highest BCUT2D eigenvalue weighted by atomic mass is 127. The van der Waals surface area contributed by atoms with Crippen LogP contribution in [0.15, 0.2) is 10.7 Å². The van der Waals surface area contributed by atoms with Gasteiger partial charge in [0, 0.05) is 9.77 Å². The summed E-state index contributed by atoms with van der Waals surface area (Å²) in [5.74, 6) is 0. The molecule has 0 N–H and O–H groups in total. The van der Waals surface area contributed by atoms with E-state index >= 15 is 0 Å². The van der Waals surface area contributed by atoms with Crippen LogP contribution in [0.25, 0.3) is 0 Å². The monoisotopic (exact) mass is 459 g/mol. The second-order valence-electron chi connectivity index (χ2n) is 1.92. The molecule has 66 valence electrons. The van der Waals surface area contributed by atoms with Crippen LogP contribution in [0.4, 0.5) is 8.78 Å². The van der Waals surface area contributed by atoms with Gasteiger partial charge >= 0.3 is 0 Å². The third-order valence-corrected chi connectivity index (χ3v) is 5.74. The van der Waals surface area contributed by atoms with Gasteiger partial charge < -0.3 is 0 Å². The lowest BCUT2D eigenvalue weighted by Crippen LogP contribution is -1.97. The van der Waals surface area contributed by atoms with Gasteiger partial charge in [0.15, 0.2) is 0 Å². The van der Waals surface area contributed by atoms with E-state index in [0.29, 0.717) is 3.57 Å². The van der Waals surface area contributed by atoms with E-state index in [9.17, 15) is 8.78 Å². The van der Waals surface area contributed by atoms with Gasteiger partial charge in [0.25, 0.3) is 6.43 Å². The molecule has 0 aromatic carbocycles. The number of hydrogen-bond donors (Lipinski definition) is 0. The minimum atomic E-state index is -2.50. The van der Waals surface area contributed by atoms with Crippen molar-refractivity contribution in [3.05, 3.63) is 23.5 Å². The van der Waals surface area contributed by atoms with Gasteiger partial charge in [0.05, 0.1) is 8.04 Å². The van der Waals surface area contributed by atoms with Gasteiger partial charge in [-0.05, 0) is 61.1 Å². The molecule has 1 heterocycles. The lowest BCUT2D eigenvalue weighted by Gasteiger charge is -2.04. The quantitative estimate of drug-likeness (QED) is 0.579. The van der Waals surface area contributed by atoms with Crippen LogP contribution in [0, 0.1) is 7.14 Å². The number of nitrogens with zero attached hydrogens (tertiary/aromatic N) is 1. The highest BCUT2D eigenvalue weighted by Gasteiger charge is 2.16. The maximum absolute atomic E-state index is 12.3. The van der Waals surface area contributed by atoms with Crippen LogP contribution in [-0.2, 0) is 0 Å². The van der Waals surface area contributed by atoms with Crippen molar-refractivity contribution in [1.82, 2.24) is 4.98 Å². The molecule has 6 heteroatoms. The predicted octanol–water partition coefficient (Wildman–Crippen LogP) is 3.99. The second-order valence-corrected chi connectivity index (χ2v) is 4.93. The number of aromatic nitrogens is 1. The molecular weight excluding hydrogens is 458 g/mol. The zero-order valence-corrected chi connectivity index (χ0v) is 11.4. The maximum Gasteiger partial charge on any atom is 0.281 e.